The summed E-state index contributed by atoms with van der Waals surface area (Å²) in [6, 6.07) is 9.32. The summed E-state index contributed by atoms with van der Waals surface area (Å²) in [7, 11) is 0. The first-order valence-corrected chi connectivity index (χ1v) is 9.82. The van der Waals surface area contributed by atoms with Crippen LogP contribution in [0, 0.1) is 24.7 Å². The molecule has 1 aromatic rings. The second kappa shape index (κ2) is 7.66. The molecule has 0 heterocycles. The van der Waals surface area contributed by atoms with Crippen molar-refractivity contribution in [2.45, 2.75) is 84.0 Å². The summed E-state index contributed by atoms with van der Waals surface area (Å²) in [5, 5.41) is 0. The van der Waals surface area contributed by atoms with E-state index in [2.05, 4.69) is 38.1 Å². The van der Waals surface area contributed by atoms with E-state index < -0.39 is 0 Å². The molecule has 0 aliphatic heterocycles. The maximum Gasteiger partial charge on any atom is -0.0162 e. The van der Waals surface area contributed by atoms with Crippen LogP contribution in [0.3, 0.4) is 0 Å². The Morgan fingerprint density at radius 3 is 1.86 bits per heavy atom. The van der Waals surface area contributed by atoms with Gasteiger partial charge in [0.25, 0.3) is 0 Å². The molecule has 0 radical (unpaired) electrons. The third kappa shape index (κ3) is 3.94. The average Bonchev–Trinajstić information content (AvgIpc) is 2.57. The molecule has 2 fully saturated rings. The van der Waals surface area contributed by atoms with Gasteiger partial charge in [0.1, 0.15) is 0 Å². The molecule has 0 unspecified atom stereocenters. The molecule has 1 aromatic carbocycles. The average molecular weight is 299 g/mol. The zero-order valence-corrected chi connectivity index (χ0v) is 14.7. The maximum atomic E-state index is 2.37. The van der Waals surface area contributed by atoms with Gasteiger partial charge in [0.15, 0.2) is 0 Å². The van der Waals surface area contributed by atoms with Gasteiger partial charge in [-0.1, -0.05) is 62.4 Å². The molecule has 0 heteroatoms. The molecule has 0 nitrogen and oxygen atoms in total. The van der Waals surface area contributed by atoms with E-state index in [-0.39, 0.29) is 0 Å². The maximum absolute atomic E-state index is 2.37. The Labute approximate surface area is 137 Å². The summed E-state index contributed by atoms with van der Waals surface area (Å²) in [6.45, 7) is 4.54. The molecule has 2 saturated carbocycles. The minimum absolute atomic E-state index is 0.841. The Hall–Kier alpha value is -0.780. The monoisotopic (exact) mass is 298 g/mol. The van der Waals surface area contributed by atoms with Crippen LogP contribution in [0.25, 0.3) is 0 Å². The predicted octanol–water partition coefficient (Wildman–Crippen LogP) is 6.88. The summed E-state index contributed by atoms with van der Waals surface area (Å²) in [5.41, 5.74) is 2.98. The Bertz CT molecular complexity index is 428. The van der Waals surface area contributed by atoms with Crippen molar-refractivity contribution in [2.24, 2.45) is 17.8 Å². The molecular formula is C22H34. The Morgan fingerprint density at radius 1 is 0.773 bits per heavy atom. The van der Waals surface area contributed by atoms with Gasteiger partial charge in [0, 0.05) is 0 Å². The van der Waals surface area contributed by atoms with Crippen LogP contribution < -0.4 is 0 Å². The van der Waals surface area contributed by atoms with Crippen LogP contribution in [0.5, 0.6) is 0 Å². The molecule has 0 N–H and O–H groups in total. The molecular weight excluding hydrogens is 264 g/mol. The largest absolute Gasteiger partial charge is 0.0654 e. The summed E-state index contributed by atoms with van der Waals surface area (Å²) in [5.74, 6) is 4.01. The molecule has 22 heavy (non-hydrogen) atoms. The van der Waals surface area contributed by atoms with E-state index in [1.54, 1.807) is 5.56 Å². The van der Waals surface area contributed by atoms with E-state index in [4.69, 9.17) is 0 Å². The lowest BCUT2D eigenvalue weighted by Gasteiger charge is -2.38. The van der Waals surface area contributed by atoms with Crippen LogP contribution in [-0.2, 0) is 0 Å². The third-order valence-corrected chi connectivity index (χ3v) is 6.58. The summed E-state index contributed by atoms with van der Waals surface area (Å²) in [4.78, 5) is 0. The fraction of sp³-hybridized carbons (Fsp3) is 0.727. The molecule has 0 amide bonds. The van der Waals surface area contributed by atoms with Crippen molar-refractivity contribution in [3.8, 4) is 0 Å². The van der Waals surface area contributed by atoms with Gasteiger partial charge < -0.3 is 0 Å². The van der Waals surface area contributed by atoms with Gasteiger partial charge in [-0.15, -0.1) is 0 Å². The minimum Gasteiger partial charge on any atom is -0.0654 e. The van der Waals surface area contributed by atoms with Crippen molar-refractivity contribution >= 4 is 0 Å². The third-order valence-electron chi connectivity index (χ3n) is 6.58. The normalized spacial score (nSPS) is 32.8. The van der Waals surface area contributed by atoms with Crippen molar-refractivity contribution in [2.75, 3.05) is 0 Å². The summed E-state index contributed by atoms with van der Waals surface area (Å²) in [6.07, 6.45) is 14.8. The molecule has 0 spiro atoms. The van der Waals surface area contributed by atoms with Gasteiger partial charge in [-0.2, -0.15) is 0 Å². The van der Waals surface area contributed by atoms with Crippen LogP contribution in [0.4, 0.5) is 0 Å². The van der Waals surface area contributed by atoms with E-state index in [9.17, 15) is 0 Å². The highest BCUT2D eigenvalue weighted by molar-refractivity contribution is 5.24. The topological polar surface area (TPSA) is 0 Å². The molecule has 3 rings (SSSR count). The zero-order chi connectivity index (χ0) is 15.4. The zero-order valence-electron chi connectivity index (χ0n) is 14.7. The number of hydrogen-bond acceptors (Lipinski definition) is 0. The van der Waals surface area contributed by atoms with Gasteiger partial charge in [0.05, 0.1) is 0 Å². The van der Waals surface area contributed by atoms with Crippen LogP contribution >= 0.6 is 0 Å². The summed E-state index contributed by atoms with van der Waals surface area (Å²) < 4.78 is 0. The number of rotatable bonds is 4. The van der Waals surface area contributed by atoms with Crippen LogP contribution in [0.2, 0.25) is 0 Å². The van der Waals surface area contributed by atoms with Crippen molar-refractivity contribution in [1.29, 1.82) is 0 Å². The van der Waals surface area contributed by atoms with E-state index in [0.29, 0.717) is 0 Å². The second-order valence-corrected chi connectivity index (χ2v) is 8.09. The first-order chi connectivity index (χ1) is 10.8. The van der Waals surface area contributed by atoms with Crippen LogP contribution in [0.15, 0.2) is 24.3 Å². The first kappa shape index (κ1) is 16.1. The van der Waals surface area contributed by atoms with Crippen molar-refractivity contribution in [3.05, 3.63) is 35.4 Å². The minimum atomic E-state index is 0.841. The predicted molar refractivity (Wildman–Crippen MR) is 96.2 cm³/mol. The lowest BCUT2D eigenvalue weighted by Crippen LogP contribution is -2.25. The van der Waals surface area contributed by atoms with Gasteiger partial charge >= 0.3 is 0 Å². The lowest BCUT2D eigenvalue weighted by molar-refractivity contribution is 0.156. The van der Waals surface area contributed by atoms with Gasteiger partial charge in [0.2, 0.25) is 0 Å². The summed E-state index contributed by atoms with van der Waals surface area (Å²) >= 11 is 0. The van der Waals surface area contributed by atoms with Crippen LogP contribution in [-0.4, -0.2) is 0 Å². The highest BCUT2D eigenvalue weighted by Gasteiger charge is 2.30. The fourth-order valence-electron chi connectivity index (χ4n) is 5.12. The lowest BCUT2D eigenvalue weighted by atomic mass is 9.68. The van der Waals surface area contributed by atoms with Crippen molar-refractivity contribution in [3.63, 3.8) is 0 Å². The second-order valence-electron chi connectivity index (χ2n) is 8.09. The molecule has 122 valence electrons. The Balaban J connectivity index is 1.47. The Morgan fingerprint density at radius 2 is 1.32 bits per heavy atom. The molecule has 0 bridgehead atoms. The first-order valence-electron chi connectivity index (χ1n) is 9.82. The van der Waals surface area contributed by atoms with Crippen LogP contribution in [0.1, 0.15) is 88.2 Å². The highest BCUT2D eigenvalue weighted by Crippen LogP contribution is 2.44. The highest BCUT2D eigenvalue weighted by atomic mass is 14.4. The quantitative estimate of drug-likeness (QED) is 0.568. The van der Waals surface area contributed by atoms with E-state index in [0.717, 1.165) is 23.7 Å². The van der Waals surface area contributed by atoms with Gasteiger partial charge in [-0.05, 0) is 74.7 Å². The molecule has 0 atom stereocenters. The smallest absolute Gasteiger partial charge is 0.0162 e. The van der Waals surface area contributed by atoms with E-state index >= 15 is 0 Å². The molecule has 2 aliphatic carbocycles. The van der Waals surface area contributed by atoms with E-state index in [1.807, 2.05) is 0 Å². The SMILES string of the molecule is CCC[C@H]1CC[C@H](C2CCC(c3ccc(C)cc3)CC2)CC1. The molecule has 2 aliphatic rings. The standard InChI is InChI=1S/C22H34/c1-3-4-18-7-11-20(12-8-18)22-15-13-21(14-16-22)19-9-5-17(2)6-10-19/h5-6,9-10,18,20-22H,3-4,7-8,11-16H2,1-2H3/t18-,20-,21?,22?. The fourth-order valence-corrected chi connectivity index (χ4v) is 5.12. The molecule has 0 aromatic heterocycles. The van der Waals surface area contributed by atoms with Crippen molar-refractivity contribution < 1.29 is 0 Å². The van der Waals surface area contributed by atoms with E-state index in [1.165, 1.54) is 69.8 Å². The number of benzene rings is 1. The number of aryl methyl sites for hydroxylation is 1. The van der Waals surface area contributed by atoms with Gasteiger partial charge in [-0.3, -0.25) is 0 Å². The number of hydrogen-bond donors (Lipinski definition) is 0. The molecule has 0 saturated heterocycles. The van der Waals surface area contributed by atoms with Crippen molar-refractivity contribution in [1.82, 2.24) is 0 Å². The van der Waals surface area contributed by atoms with Gasteiger partial charge in [-0.25, -0.2) is 0 Å². The Kier molecular flexibility index (Phi) is 5.61.